The molecule has 1 heterocycles. The highest BCUT2D eigenvalue weighted by atomic mass is 35.5. The number of hydrogen-bond donors (Lipinski definition) is 1. The first kappa shape index (κ1) is 15.8. The molecule has 114 valence electrons. The maximum absolute atomic E-state index is 13.3. The van der Waals surface area contributed by atoms with Crippen molar-refractivity contribution in [2.75, 3.05) is 5.32 Å². The fourth-order valence-electron chi connectivity index (χ4n) is 2.64. The maximum Gasteiger partial charge on any atom is 0.252 e. The van der Waals surface area contributed by atoms with Crippen LogP contribution in [0.25, 0.3) is 0 Å². The zero-order chi connectivity index (χ0) is 15.6. The van der Waals surface area contributed by atoms with Crippen molar-refractivity contribution in [2.45, 2.75) is 45.2 Å². The van der Waals surface area contributed by atoms with Gasteiger partial charge in [0, 0.05) is 16.8 Å². The van der Waals surface area contributed by atoms with Gasteiger partial charge in [-0.1, -0.05) is 25.4 Å². The van der Waals surface area contributed by atoms with Crippen molar-refractivity contribution < 1.29 is 14.0 Å². The van der Waals surface area contributed by atoms with Crippen molar-refractivity contribution >= 4 is 29.1 Å². The third-order valence-electron chi connectivity index (χ3n) is 3.69. The fourth-order valence-corrected chi connectivity index (χ4v) is 2.86. The second-order valence-electron chi connectivity index (χ2n) is 5.13. The molecule has 0 bridgehead atoms. The highest BCUT2D eigenvalue weighted by Gasteiger charge is 2.41. The molecular weight excluding hydrogens is 295 g/mol. The van der Waals surface area contributed by atoms with Crippen LogP contribution in [0.5, 0.6) is 0 Å². The summed E-state index contributed by atoms with van der Waals surface area (Å²) < 4.78 is 13.3. The van der Waals surface area contributed by atoms with Crippen LogP contribution in [-0.2, 0) is 9.59 Å². The summed E-state index contributed by atoms with van der Waals surface area (Å²) in [6.07, 6.45) is 1.54. The van der Waals surface area contributed by atoms with Crippen LogP contribution in [0.15, 0.2) is 18.2 Å². The van der Waals surface area contributed by atoms with Gasteiger partial charge in [0.2, 0.25) is 5.91 Å². The van der Waals surface area contributed by atoms with E-state index in [0.717, 1.165) is 12.8 Å². The SMILES string of the molecule is CCC(CC)N1C(=O)CC(Nc2cc(F)cc(Cl)c2)C1=O. The zero-order valence-electron chi connectivity index (χ0n) is 12.0. The van der Waals surface area contributed by atoms with Crippen LogP contribution in [0, 0.1) is 5.82 Å². The summed E-state index contributed by atoms with van der Waals surface area (Å²) in [6, 6.07) is 3.24. The summed E-state index contributed by atoms with van der Waals surface area (Å²) >= 11 is 5.78. The third kappa shape index (κ3) is 3.35. The monoisotopic (exact) mass is 312 g/mol. The van der Waals surface area contributed by atoms with Crippen LogP contribution in [0.2, 0.25) is 5.02 Å². The molecule has 0 aliphatic carbocycles. The highest BCUT2D eigenvalue weighted by Crippen LogP contribution is 2.25. The van der Waals surface area contributed by atoms with E-state index in [0.29, 0.717) is 5.69 Å². The van der Waals surface area contributed by atoms with Crippen molar-refractivity contribution in [3.05, 3.63) is 29.0 Å². The number of halogens is 2. The summed E-state index contributed by atoms with van der Waals surface area (Å²) in [6.45, 7) is 3.89. The van der Waals surface area contributed by atoms with Gasteiger partial charge in [0.1, 0.15) is 11.9 Å². The molecule has 1 N–H and O–H groups in total. The molecule has 1 aromatic rings. The Kier molecular flexibility index (Phi) is 4.83. The Morgan fingerprint density at radius 3 is 2.57 bits per heavy atom. The Balaban J connectivity index is 2.15. The highest BCUT2D eigenvalue weighted by molar-refractivity contribution is 6.30. The Hall–Kier alpha value is -1.62. The fraction of sp³-hybridized carbons (Fsp3) is 0.467. The van der Waals surface area contributed by atoms with Crippen LogP contribution in [-0.4, -0.2) is 28.8 Å². The van der Waals surface area contributed by atoms with Gasteiger partial charge in [0.05, 0.1) is 6.42 Å². The number of amides is 2. The summed E-state index contributed by atoms with van der Waals surface area (Å²) in [5, 5.41) is 3.14. The molecular formula is C15H18ClFN2O2. The smallest absolute Gasteiger partial charge is 0.252 e. The average Bonchev–Trinajstić information content (AvgIpc) is 2.67. The van der Waals surface area contributed by atoms with Crippen LogP contribution >= 0.6 is 11.6 Å². The van der Waals surface area contributed by atoms with E-state index in [1.807, 2.05) is 13.8 Å². The van der Waals surface area contributed by atoms with Crippen LogP contribution in [0.1, 0.15) is 33.1 Å². The molecule has 0 radical (unpaired) electrons. The third-order valence-corrected chi connectivity index (χ3v) is 3.91. The predicted octanol–water partition coefficient (Wildman–Crippen LogP) is 3.21. The first-order chi connectivity index (χ1) is 9.96. The molecule has 21 heavy (non-hydrogen) atoms. The number of nitrogens with one attached hydrogen (secondary N) is 1. The molecule has 1 saturated heterocycles. The lowest BCUT2D eigenvalue weighted by atomic mass is 10.1. The van der Waals surface area contributed by atoms with Crippen molar-refractivity contribution in [1.82, 2.24) is 4.90 Å². The molecule has 2 rings (SSSR count). The van der Waals surface area contributed by atoms with E-state index in [4.69, 9.17) is 11.6 Å². The lowest BCUT2D eigenvalue weighted by molar-refractivity contribution is -0.141. The van der Waals surface area contributed by atoms with Gasteiger partial charge in [-0.3, -0.25) is 14.5 Å². The normalized spacial score (nSPS) is 18.7. The Morgan fingerprint density at radius 2 is 2.00 bits per heavy atom. The number of carbonyl (C=O) groups is 2. The first-order valence-electron chi connectivity index (χ1n) is 7.04. The van der Waals surface area contributed by atoms with Gasteiger partial charge in [-0.25, -0.2) is 4.39 Å². The minimum absolute atomic E-state index is 0.0760. The molecule has 6 heteroatoms. The van der Waals surface area contributed by atoms with E-state index in [9.17, 15) is 14.0 Å². The molecule has 1 fully saturated rings. The number of carbonyl (C=O) groups excluding carboxylic acids is 2. The van der Waals surface area contributed by atoms with E-state index in [-0.39, 0.29) is 29.3 Å². The molecule has 4 nitrogen and oxygen atoms in total. The van der Waals surface area contributed by atoms with Gasteiger partial charge in [0.25, 0.3) is 5.91 Å². The van der Waals surface area contributed by atoms with Crippen LogP contribution in [0.3, 0.4) is 0 Å². The van der Waals surface area contributed by atoms with E-state index in [2.05, 4.69) is 5.32 Å². The van der Waals surface area contributed by atoms with E-state index in [1.165, 1.54) is 23.1 Å². The second kappa shape index (κ2) is 6.43. The van der Waals surface area contributed by atoms with E-state index < -0.39 is 11.9 Å². The summed E-state index contributed by atoms with van der Waals surface area (Å²) in [5.74, 6) is -0.929. The standard InChI is InChI=1S/C15H18ClFN2O2/c1-3-12(4-2)19-14(20)8-13(15(19)21)18-11-6-9(16)5-10(17)7-11/h5-7,12-13,18H,3-4,8H2,1-2H3. The van der Waals surface area contributed by atoms with Crippen molar-refractivity contribution in [3.63, 3.8) is 0 Å². The molecule has 0 aromatic heterocycles. The number of rotatable bonds is 5. The molecule has 1 unspecified atom stereocenters. The number of nitrogens with zero attached hydrogens (tertiary/aromatic N) is 1. The number of likely N-dealkylation sites (tertiary alicyclic amines) is 1. The van der Waals surface area contributed by atoms with Gasteiger partial charge in [-0.15, -0.1) is 0 Å². The molecule has 1 atom stereocenters. The molecule has 1 aliphatic rings. The second-order valence-corrected chi connectivity index (χ2v) is 5.57. The lowest BCUT2D eigenvalue weighted by Crippen LogP contribution is -2.41. The van der Waals surface area contributed by atoms with Gasteiger partial charge < -0.3 is 5.32 Å². The summed E-state index contributed by atoms with van der Waals surface area (Å²) in [4.78, 5) is 25.7. The minimum atomic E-state index is -0.657. The number of benzene rings is 1. The van der Waals surface area contributed by atoms with E-state index in [1.54, 1.807) is 0 Å². The number of imide groups is 1. The minimum Gasteiger partial charge on any atom is -0.373 e. The summed E-state index contributed by atoms with van der Waals surface area (Å²) in [5.41, 5.74) is 0.401. The molecule has 0 spiro atoms. The lowest BCUT2D eigenvalue weighted by Gasteiger charge is -2.24. The maximum atomic E-state index is 13.3. The molecule has 1 aliphatic heterocycles. The van der Waals surface area contributed by atoms with Crippen LogP contribution < -0.4 is 5.32 Å². The topological polar surface area (TPSA) is 49.4 Å². The molecule has 2 amide bonds. The largest absolute Gasteiger partial charge is 0.373 e. The average molecular weight is 313 g/mol. The quantitative estimate of drug-likeness (QED) is 0.849. The van der Waals surface area contributed by atoms with Gasteiger partial charge >= 0.3 is 0 Å². The Labute approximate surface area is 128 Å². The van der Waals surface area contributed by atoms with Crippen LogP contribution in [0.4, 0.5) is 10.1 Å². The van der Waals surface area contributed by atoms with Crippen molar-refractivity contribution in [1.29, 1.82) is 0 Å². The van der Waals surface area contributed by atoms with Crippen molar-refractivity contribution in [2.24, 2.45) is 0 Å². The van der Waals surface area contributed by atoms with Gasteiger partial charge in [0.15, 0.2) is 0 Å². The predicted molar refractivity (Wildman–Crippen MR) is 79.7 cm³/mol. The van der Waals surface area contributed by atoms with E-state index >= 15 is 0 Å². The number of hydrogen-bond acceptors (Lipinski definition) is 3. The summed E-state index contributed by atoms with van der Waals surface area (Å²) in [7, 11) is 0. The van der Waals surface area contributed by atoms with Gasteiger partial charge in [-0.2, -0.15) is 0 Å². The Morgan fingerprint density at radius 1 is 1.33 bits per heavy atom. The number of anilines is 1. The molecule has 1 aromatic carbocycles. The first-order valence-corrected chi connectivity index (χ1v) is 7.42. The molecule has 0 saturated carbocycles. The Bertz CT molecular complexity index is 540. The van der Waals surface area contributed by atoms with Gasteiger partial charge in [-0.05, 0) is 31.0 Å². The van der Waals surface area contributed by atoms with Crippen molar-refractivity contribution in [3.8, 4) is 0 Å². The zero-order valence-corrected chi connectivity index (χ0v) is 12.8.